The number of hydrogen-bond acceptors (Lipinski definition) is 2. The van der Waals surface area contributed by atoms with Crippen LogP contribution in [0.3, 0.4) is 0 Å². The van der Waals surface area contributed by atoms with Crippen molar-refractivity contribution in [3.05, 3.63) is 17.5 Å². The van der Waals surface area contributed by atoms with Crippen LogP contribution in [0.4, 0.5) is 0 Å². The summed E-state index contributed by atoms with van der Waals surface area (Å²) in [6.45, 7) is 7.57. The van der Waals surface area contributed by atoms with Crippen LogP contribution in [-0.2, 0) is 0 Å². The second-order valence-electron chi connectivity index (χ2n) is 4.41. The van der Waals surface area contributed by atoms with E-state index in [1.807, 2.05) is 0 Å². The van der Waals surface area contributed by atoms with Gasteiger partial charge in [0.2, 0.25) is 0 Å². The molecule has 1 aromatic rings. The fourth-order valence-corrected chi connectivity index (χ4v) is 2.34. The molecule has 1 aromatic heterocycles. The molecule has 78 valence electrons. The van der Waals surface area contributed by atoms with Gasteiger partial charge in [-0.1, -0.05) is 0 Å². The number of aromatic nitrogens is 2. The smallest absolute Gasteiger partial charge is 0.0596 e. The lowest BCUT2D eigenvalue weighted by molar-refractivity contribution is 0.291. The second kappa shape index (κ2) is 3.73. The quantitative estimate of drug-likeness (QED) is 0.737. The van der Waals surface area contributed by atoms with Crippen molar-refractivity contribution >= 4 is 0 Å². The average molecular weight is 193 g/mol. The first-order chi connectivity index (χ1) is 6.66. The predicted octanol–water partition coefficient (Wildman–Crippen LogP) is 1.81. The van der Waals surface area contributed by atoms with Crippen molar-refractivity contribution in [2.45, 2.75) is 45.7 Å². The molecule has 1 N–H and O–H groups in total. The van der Waals surface area contributed by atoms with Gasteiger partial charge in [0.1, 0.15) is 0 Å². The number of rotatable bonds is 1. The monoisotopic (exact) mass is 193 g/mol. The summed E-state index contributed by atoms with van der Waals surface area (Å²) in [7, 11) is 0. The zero-order valence-electron chi connectivity index (χ0n) is 9.25. The van der Waals surface area contributed by atoms with Crippen molar-refractivity contribution in [3.8, 4) is 0 Å². The number of piperidine rings is 1. The van der Waals surface area contributed by atoms with Crippen LogP contribution in [0.1, 0.15) is 37.2 Å². The summed E-state index contributed by atoms with van der Waals surface area (Å²) in [6, 6.07) is 3.38. The highest BCUT2D eigenvalue weighted by atomic mass is 15.3. The van der Waals surface area contributed by atoms with Gasteiger partial charge in [0.05, 0.1) is 11.7 Å². The van der Waals surface area contributed by atoms with Crippen LogP contribution in [0.25, 0.3) is 0 Å². The first-order valence-electron chi connectivity index (χ1n) is 5.43. The third-order valence-corrected chi connectivity index (χ3v) is 2.99. The summed E-state index contributed by atoms with van der Waals surface area (Å²) in [5, 5.41) is 8.02. The lowest BCUT2D eigenvalue weighted by atomic mass is 10.0. The van der Waals surface area contributed by atoms with Gasteiger partial charge < -0.3 is 5.32 Å². The molecule has 0 spiro atoms. The number of nitrogens with zero attached hydrogens (tertiary/aromatic N) is 2. The van der Waals surface area contributed by atoms with Crippen molar-refractivity contribution < 1.29 is 0 Å². The van der Waals surface area contributed by atoms with Crippen molar-refractivity contribution in [3.63, 3.8) is 0 Å². The Labute approximate surface area is 85.5 Å². The number of nitrogens with one attached hydrogen (secondary N) is 1. The van der Waals surface area contributed by atoms with Gasteiger partial charge in [-0.05, 0) is 46.2 Å². The van der Waals surface area contributed by atoms with E-state index in [2.05, 4.69) is 41.9 Å². The Kier molecular flexibility index (Phi) is 2.59. The summed E-state index contributed by atoms with van der Waals surface area (Å²) >= 11 is 0. The summed E-state index contributed by atoms with van der Waals surface area (Å²) in [5.41, 5.74) is 2.43. The molecular weight excluding hydrogens is 174 g/mol. The predicted molar refractivity (Wildman–Crippen MR) is 57.4 cm³/mol. The second-order valence-corrected chi connectivity index (χ2v) is 4.41. The zero-order valence-corrected chi connectivity index (χ0v) is 9.25. The molecule has 2 unspecified atom stereocenters. The Morgan fingerprint density at radius 2 is 2.29 bits per heavy atom. The van der Waals surface area contributed by atoms with Crippen LogP contribution in [0, 0.1) is 13.8 Å². The minimum Gasteiger partial charge on any atom is -0.314 e. The Hall–Kier alpha value is -0.830. The van der Waals surface area contributed by atoms with Gasteiger partial charge in [-0.25, -0.2) is 0 Å². The van der Waals surface area contributed by atoms with Crippen LogP contribution in [0.2, 0.25) is 0 Å². The molecule has 1 aliphatic heterocycles. The van der Waals surface area contributed by atoms with Crippen LogP contribution < -0.4 is 5.32 Å². The third kappa shape index (κ3) is 1.82. The number of hydrogen-bond donors (Lipinski definition) is 1. The lowest BCUT2D eigenvalue weighted by Gasteiger charge is -2.29. The van der Waals surface area contributed by atoms with E-state index in [-0.39, 0.29) is 0 Å². The van der Waals surface area contributed by atoms with Crippen LogP contribution >= 0.6 is 0 Å². The molecule has 0 aromatic carbocycles. The largest absolute Gasteiger partial charge is 0.314 e. The van der Waals surface area contributed by atoms with Crippen molar-refractivity contribution in [1.82, 2.24) is 15.1 Å². The maximum Gasteiger partial charge on any atom is 0.0596 e. The number of aryl methyl sites for hydroxylation is 2. The molecule has 1 saturated heterocycles. The lowest BCUT2D eigenvalue weighted by Crippen LogP contribution is -2.37. The highest BCUT2D eigenvalue weighted by Gasteiger charge is 2.21. The minimum absolute atomic E-state index is 0.597. The van der Waals surface area contributed by atoms with Crippen LogP contribution in [0.15, 0.2) is 6.07 Å². The van der Waals surface area contributed by atoms with Gasteiger partial charge in [-0.15, -0.1) is 0 Å². The van der Waals surface area contributed by atoms with E-state index in [0.29, 0.717) is 12.1 Å². The molecular formula is C11H19N3. The molecule has 14 heavy (non-hydrogen) atoms. The van der Waals surface area contributed by atoms with Gasteiger partial charge >= 0.3 is 0 Å². The summed E-state index contributed by atoms with van der Waals surface area (Å²) in [4.78, 5) is 0. The van der Waals surface area contributed by atoms with Crippen molar-refractivity contribution in [2.24, 2.45) is 0 Å². The molecule has 3 nitrogen and oxygen atoms in total. The normalized spacial score (nSPS) is 27.9. The van der Waals surface area contributed by atoms with E-state index in [0.717, 1.165) is 12.2 Å². The molecule has 2 heterocycles. The fourth-order valence-electron chi connectivity index (χ4n) is 2.34. The van der Waals surface area contributed by atoms with E-state index in [4.69, 9.17) is 0 Å². The highest BCUT2D eigenvalue weighted by Crippen LogP contribution is 2.22. The SMILES string of the molecule is Cc1cc(C)n(C2CCNC(C)C2)n1. The van der Waals surface area contributed by atoms with Crippen molar-refractivity contribution in [2.75, 3.05) is 6.54 Å². The van der Waals surface area contributed by atoms with E-state index in [1.165, 1.54) is 18.5 Å². The fraction of sp³-hybridized carbons (Fsp3) is 0.727. The van der Waals surface area contributed by atoms with E-state index in [1.54, 1.807) is 0 Å². The van der Waals surface area contributed by atoms with Gasteiger partial charge in [-0.2, -0.15) is 5.10 Å². The van der Waals surface area contributed by atoms with Gasteiger partial charge in [0.25, 0.3) is 0 Å². The van der Waals surface area contributed by atoms with Gasteiger partial charge in [0.15, 0.2) is 0 Å². The molecule has 0 amide bonds. The van der Waals surface area contributed by atoms with Crippen molar-refractivity contribution in [1.29, 1.82) is 0 Å². The van der Waals surface area contributed by atoms with Gasteiger partial charge in [0, 0.05) is 11.7 Å². The third-order valence-electron chi connectivity index (χ3n) is 2.99. The van der Waals surface area contributed by atoms with E-state index >= 15 is 0 Å². The Bertz CT molecular complexity index is 316. The topological polar surface area (TPSA) is 29.9 Å². The standard InChI is InChI=1S/C11H19N3/c1-8-7-11(4-5-12-8)14-10(3)6-9(2)13-14/h6,8,11-12H,4-5,7H2,1-3H3. The van der Waals surface area contributed by atoms with Crippen LogP contribution in [0.5, 0.6) is 0 Å². The molecule has 0 aliphatic carbocycles. The molecule has 2 rings (SSSR count). The molecule has 1 fully saturated rings. The van der Waals surface area contributed by atoms with Crippen LogP contribution in [-0.4, -0.2) is 22.4 Å². The molecule has 0 radical (unpaired) electrons. The molecule has 1 aliphatic rings. The Morgan fingerprint density at radius 3 is 2.86 bits per heavy atom. The van der Waals surface area contributed by atoms with E-state index < -0.39 is 0 Å². The minimum atomic E-state index is 0.597. The molecule has 3 heteroatoms. The molecule has 0 bridgehead atoms. The zero-order chi connectivity index (χ0) is 10.1. The summed E-state index contributed by atoms with van der Waals surface area (Å²) < 4.78 is 2.20. The highest BCUT2D eigenvalue weighted by molar-refractivity contribution is 5.08. The maximum absolute atomic E-state index is 4.56. The Balaban J connectivity index is 2.17. The Morgan fingerprint density at radius 1 is 1.50 bits per heavy atom. The first kappa shape index (κ1) is 9.71. The summed E-state index contributed by atoms with van der Waals surface area (Å²) in [5.74, 6) is 0. The first-order valence-corrected chi connectivity index (χ1v) is 5.43. The molecule has 0 saturated carbocycles. The molecule has 2 atom stereocenters. The van der Waals surface area contributed by atoms with E-state index in [9.17, 15) is 0 Å². The average Bonchev–Trinajstić information content (AvgIpc) is 2.45. The maximum atomic E-state index is 4.56. The van der Waals surface area contributed by atoms with Gasteiger partial charge in [-0.3, -0.25) is 4.68 Å². The summed E-state index contributed by atoms with van der Waals surface area (Å²) in [6.07, 6.45) is 2.40.